The lowest BCUT2D eigenvalue weighted by molar-refractivity contribution is 0.640. The third-order valence-corrected chi connectivity index (χ3v) is 3.16. The molecule has 0 radical (unpaired) electrons. The van der Waals surface area contributed by atoms with Crippen molar-refractivity contribution in [1.82, 2.24) is 20.0 Å². The summed E-state index contributed by atoms with van der Waals surface area (Å²) in [6, 6.07) is 0. The van der Waals surface area contributed by atoms with Crippen LogP contribution in [0.3, 0.4) is 0 Å². The number of hydrogen-bond donors (Lipinski definition) is 1. The van der Waals surface area contributed by atoms with Crippen molar-refractivity contribution >= 4 is 16.5 Å². The number of aromatic nitrogens is 4. The average molecular weight is 251 g/mol. The summed E-state index contributed by atoms with van der Waals surface area (Å²) in [6.07, 6.45) is 4.83. The van der Waals surface area contributed by atoms with Crippen LogP contribution in [0.15, 0.2) is 12.4 Å². The minimum absolute atomic E-state index is 0.620. The molecular weight excluding hydrogens is 234 g/mol. The van der Waals surface area contributed by atoms with Gasteiger partial charge in [-0.1, -0.05) is 25.2 Å². The van der Waals surface area contributed by atoms with E-state index in [0.29, 0.717) is 5.92 Å². The van der Waals surface area contributed by atoms with E-state index < -0.39 is 0 Å². The molecule has 1 N–H and O–H groups in total. The Morgan fingerprint density at radius 3 is 2.88 bits per heavy atom. The van der Waals surface area contributed by atoms with Crippen LogP contribution in [0.1, 0.15) is 24.4 Å². The van der Waals surface area contributed by atoms with Gasteiger partial charge in [0.15, 0.2) is 0 Å². The molecule has 0 spiro atoms. The second kappa shape index (κ2) is 5.27. The van der Waals surface area contributed by atoms with Gasteiger partial charge in [-0.05, 0) is 5.92 Å². The van der Waals surface area contributed by atoms with Crippen molar-refractivity contribution in [2.45, 2.75) is 26.8 Å². The SMILES string of the molecule is CC(C)Cc1nnc(NCc2cnn(C)c2)s1. The fourth-order valence-corrected chi connectivity index (χ4v) is 2.45. The Balaban J connectivity index is 1.89. The summed E-state index contributed by atoms with van der Waals surface area (Å²) in [5.41, 5.74) is 1.15. The van der Waals surface area contributed by atoms with Crippen molar-refractivity contribution in [3.8, 4) is 0 Å². The highest BCUT2D eigenvalue weighted by Crippen LogP contribution is 2.18. The molecule has 2 aromatic heterocycles. The number of hydrogen-bond acceptors (Lipinski definition) is 5. The summed E-state index contributed by atoms with van der Waals surface area (Å²) in [7, 11) is 1.91. The zero-order valence-corrected chi connectivity index (χ0v) is 11.2. The van der Waals surface area contributed by atoms with Gasteiger partial charge in [-0.15, -0.1) is 10.2 Å². The van der Waals surface area contributed by atoms with Gasteiger partial charge in [-0.2, -0.15) is 5.10 Å². The number of rotatable bonds is 5. The fourth-order valence-electron chi connectivity index (χ4n) is 1.50. The van der Waals surface area contributed by atoms with Crippen LogP contribution in [-0.4, -0.2) is 20.0 Å². The van der Waals surface area contributed by atoms with Gasteiger partial charge in [-0.25, -0.2) is 0 Å². The van der Waals surface area contributed by atoms with Crippen LogP contribution in [0.5, 0.6) is 0 Å². The van der Waals surface area contributed by atoms with Gasteiger partial charge in [0.2, 0.25) is 5.13 Å². The van der Waals surface area contributed by atoms with E-state index in [2.05, 4.69) is 34.5 Å². The summed E-state index contributed by atoms with van der Waals surface area (Å²) in [5, 5.41) is 17.6. The van der Waals surface area contributed by atoms with Gasteiger partial charge in [0.1, 0.15) is 5.01 Å². The quantitative estimate of drug-likeness (QED) is 0.884. The van der Waals surface area contributed by atoms with E-state index in [9.17, 15) is 0 Å². The highest BCUT2D eigenvalue weighted by atomic mass is 32.1. The predicted molar refractivity (Wildman–Crippen MR) is 69.0 cm³/mol. The maximum atomic E-state index is 4.16. The average Bonchev–Trinajstić information content (AvgIpc) is 2.84. The van der Waals surface area contributed by atoms with Crippen LogP contribution < -0.4 is 5.32 Å². The summed E-state index contributed by atoms with van der Waals surface area (Å²) < 4.78 is 1.79. The first-order valence-electron chi connectivity index (χ1n) is 5.67. The molecule has 0 saturated heterocycles. The monoisotopic (exact) mass is 251 g/mol. The molecule has 0 aliphatic heterocycles. The van der Waals surface area contributed by atoms with Crippen molar-refractivity contribution in [1.29, 1.82) is 0 Å². The van der Waals surface area contributed by atoms with Crippen LogP contribution in [0.25, 0.3) is 0 Å². The number of anilines is 1. The van der Waals surface area contributed by atoms with Crippen molar-refractivity contribution in [3.63, 3.8) is 0 Å². The molecule has 2 heterocycles. The molecule has 0 atom stereocenters. The Labute approximate surface area is 105 Å². The molecule has 0 unspecified atom stereocenters. The van der Waals surface area contributed by atoms with Gasteiger partial charge in [0, 0.05) is 31.8 Å². The topological polar surface area (TPSA) is 55.6 Å². The van der Waals surface area contributed by atoms with Gasteiger partial charge in [0.25, 0.3) is 0 Å². The van der Waals surface area contributed by atoms with E-state index in [1.807, 2.05) is 19.4 Å². The first-order chi connectivity index (χ1) is 8.13. The first-order valence-corrected chi connectivity index (χ1v) is 6.49. The molecule has 0 aromatic carbocycles. The maximum Gasteiger partial charge on any atom is 0.205 e. The Morgan fingerprint density at radius 2 is 2.24 bits per heavy atom. The van der Waals surface area contributed by atoms with E-state index in [0.717, 1.165) is 28.7 Å². The van der Waals surface area contributed by atoms with Crippen molar-refractivity contribution < 1.29 is 0 Å². The Morgan fingerprint density at radius 1 is 1.41 bits per heavy atom. The van der Waals surface area contributed by atoms with E-state index in [4.69, 9.17) is 0 Å². The van der Waals surface area contributed by atoms with Crippen LogP contribution in [0.2, 0.25) is 0 Å². The van der Waals surface area contributed by atoms with E-state index >= 15 is 0 Å². The van der Waals surface area contributed by atoms with Crippen molar-refractivity contribution in [2.24, 2.45) is 13.0 Å². The third-order valence-electron chi connectivity index (χ3n) is 2.25. The molecule has 92 valence electrons. The van der Waals surface area contributed by atoms with Crippen LogP contribution in [0, 0.1) is 5.92 Å². The second-order valence-corrected chi connectivity index (χ2v) is 5.54. The highest BCUT2D eigenvalue weighted by molar-refractivity contribution is 7.15. The Hall–Kier alpha value is -1.43. The smallest absolute Gasteiger partial charge is 0.205 e. The number of nitrogens with one attached hydrogen (secondary N) is 1. The minimum atomic E-state index is 0.620. The summed E-state index contributed by atoms with van der Waals surface area (Å²) >= 11 is 1.63. The number of aryl methyl sites for hydroxylation is 1. The lowest BCUT2D eigenvalue weighted by atomic mass is 10.1. The summed E-state index contributed by atoms with van der Waals surface area (Å²) in [5.74, 6) is 0.620. The largest absolute Gasteiger partial charge is 0.356 e. The standard InChI is InChI=1S/C11H17N5S/c1-8(2)4-10-14-15-11(17-10)12-5-9-6-13-16(3)7-9/h6-8H,4-5H2,1-3H3,(H,12,15). The van der Waals surface area contributed by atoms with E-state index in [1.54, 1.807) is 16.0 Å². The summed E-state index contributed by atoms with van der Waals surface area (Å²) in [4.78, 5) is 0. The Bertz CT molecular complexity index is 474. The molecule has 6 heteroatoms. The van der Waals surface area contributed by atoms with Crippen molar-refractivity contribution in [2.75, 3.05) is 5.32 Å². The third kappa shape index (κ3) is 3.52. The number of nitrogens with zero attached hydrogens (tertiary/aromatic N) is 4. The molecule has 0 aliphatic carbocycles. The van der Waals surface area contributed by atoms with Crippen LogP contribution in [-0.2, 0) is 20.0 Å². The van der Waals surface area contributed by atoms with Gasteiger partial charge in [0.05, 0.1) is 6.20 Å². The highest BCUT2D eigenvalue weighted by Gasteiger charge is 2.06. The second-order valence-electron chi connectivity index (χ2n) is 4.47. The zero-order chi connectivity index (χ0) is 12.3. The summed E-state index contributed by atoms with van der Waals surface area (Å²) in [6.45, 7) is 5.11. The molecule has 2 rings (SSSR count). The zero-order valence-electron chi connectivity index (χ0n) is 10.3. The van der Waals surface area contributed by atoms with Gasteiger partial charge >= 0.3 is 0 Å². The van der Waals surface area contributed by atoms with Gasteiger partial charge < -0.3 is 5.32 Å². The van der Waals surface area contributed by atoms with Crippen molar-refractivity contribution in [3.05, 3.63) is 23.0 Å². The first kappa shape index (κ1) is 12.0. The molecule has 2 aromatic rings. The molecule has 17 heavy (non-hydrogen) atoms. The molecule has 0 aliphatic rings. The molecule has 5 nitrogen and oxygen atoms in total. The predicted octanol–water partition coefficient (Wildman–Crippen LogP) is 2.08. The maximum absolute atomic E-state index is 4.16. The van der Waals surface area contributed by atoms with E-state index in [1.165, 1.54) is 0 Å². The normalized spacial score (nSPS) is 11.1. The lowest BCUT2D eigenvalue weighted by Crippen LogP contribution is -1.97. The fraction of sp³-hybridized carbons (Fsp3) is 0.545. The minimum Gasteiger partial charge on any atom is -0.356 e. The van der Waals surface area contributed by atoms with Crippen LogP contribution >= 0.6 is 11.3 Å². The van der Waals surface area contributed by atoms with E-state index in [-0.39, 0.29) is 0 Å². The lowest BCUT2D eigenvalue weighted by Gasteiger charge is -1.98. The molecule has 0 saturated carbocycles. The van der Waals surface area contributed by atoms with Gasteiger partial charge in [-0.3, -0.25) is 4.68 Å². The molecular formula is C11H17N5S. The molecule has 0 bridgehead atoms. The molecule has 0 fully saturated rings. The Kier molecular flexibility index (Phi) is 3.73. The van der Waals surface area contributed by atoms with Crippen LogP contribution in [0.4, 0.5) is 5.13 Å². The molecule has 0 amide bonds.